The molecule has 112 valence electrons. The number of hydrogen-bond acceptors (Lipinski definition) is 5. The Balaban J connectivity index is 2.03. The Morgan fingerprint density at radius 2 is 2.00 bits per heavy atom. The van der Waals surface area contributed by atoms with Gasteiger partial charge in [-0.2, -0.15) is 5.26 Å². The molecule has 7 heteroatoms. The van der Waals surface area contributed by atoms with Crippen LogP contribution in [0.1, 0.15) is 17.2 Å². The highest BCUT2D eigenvalue weighted by Crippen LogP contribution is 2.24. The van der Waals surface area contributed by atoms with Crippen LogP contribution in [0.3, 0.4) is 0 Å². The van der Waals surface area contributed by atoms with Gasteiger partial charge in [0.2, 0.25) is 0 Å². The molecule has 0 aliphatic carbocycles. The molecule has 0 saturated carbocycles. The summed E-state index contributed by atoms with van der Waals surface area (Å²) in [6, 6.07) is 11.2. The van der Waals surface area contributed by atoms with E-state index in [9.17, 15) is 19.6 Å². The fourth-order valence-corrected chi connectivity index (χ4v) is 1.77. The number of nitro groups is 1. The van der Waals surface area contributed by atoms with Gasteiger partial charge in [0.25, 0.3) is 5.69 Å². The summed E-state index contributed by atoms with van der Waals surface area (Å²) in [6.45, 7) is -0.222. The Morgan fingerprint density at radius 1 is 1.32 bits per heavy atom. The lowest BCUT2D eigenvalue weighted by molar-refractivity contribution is -0.385. The van der Waals surface area contributed by atoms with Crippen LogP contribution in [0.4, 0.5) is 10.1 Å². The number of ether oxygens (including phenoxy) is 1. The number of nitriles is 1. The van der Waals surface area contributed by atoms with Crippen molar-refractivity contribution >= 4 is 5.69 Å². The third-order valence-corrected chi connectivity index (χ3v) is 2.95. The molecule has 22 heavy (non-hydrogen) atoms. The summed E-state index contributed by atoms with van der Waals surface area (Å²) >= 11 is 0. The van der Waals surface area contributed by atoms with E-state index in [1.807, 2.05) is 6.07 Å². The molecule has 0 aliphatic rings. The molecule has 1 atom stereocenters. The normalized spacial score (nSPS) is 11.5. The minimum Gasteiger partial charge on any atom is -0.487 e. The first-order valence-electron chi connectivity index (χ1n) is 6.26. The number of nitro benzene ring substituents is 1. The third-order valence-electron chi connectivity index (χ3n) is 2.95. The van der Waals surface area contributed by atoms with Crippen molar-refractivity contribution in [3.8, 4) is 11.8 Å². The summed E-state index contributed by atoms with van der Waals surface area (Å²) in [5, 5.41) is 29.1. The first-order valence-corrected chi connectivity index (χ1v) is 6.26. The molecule has 0 heterocycles. The Kier molecular flexibility index (Phi) is 4.66. The second-order valence-corrected chi connectivity index (χ2v) is 4.43. The smallest absolute Gasteiger partial charge is 0.272 e. The van der Waals surface area contributed by atoms with Crippen LogP contribution in [0.5, 0.6) is 5.75 Å². The van der Waals surface area contributed by atoms with Crippen LogP contribution in [-0.2, 0) is 0 Å². The predicted octanol–water partition coefficient (Wildman–Crippen LogP) is 2.72. The average molecular weight is 302 g/mol. The lowest BCUT2D eigenvalue weighted by atomic mass is 10.1. The van der Waals surface area contributed by atoms with Crippen molar-refractivity contribution in [2.24, 2.45) is 0 Å². The van der Waals surface area contributed by atoms with E-state index in [-0.39, 0.29) is 18.0 Å². The largest absolute Gasteiger partial charge is 0.487 e. The van der Waals surface area contributed by atoms with E-state index in [4.69, 9.17) is 10.00 Å². The van der Waals surface area contributed by atoms with Crippen LogP contribution in [0.15, 0.2) is 42.5 Å². The first kappa shape index (κ1) is 15.4. The minimum atomic E-state index is -1.01. The minimum absolute atomic E-state index is 0.182. The SMILES string of the molecule is N#Cc1ccc(C(O)COc2ccc([N+](=O)[O-])cc2F)cc1. The van der Waals surface area contributed by atoms with E-state index < -0.39 is 16.8 Å². The van der Waals surface area contributed by atoms with Gasteiger partial charge in [0.1, 0.15) is 12.7 Å². The molecule has 0 spiro atoms. The van der Waals surface area contributed by atoms with Crippen molar-refractivity contribution in [2.75, 3.05) is 6.61 Å². The summed E-state index contributed by atoms with van der Waals surface area (Å²) in [7, 11) is 0. The molecule has 0 fully saturated rings. The zero-order valence-corrected chi connectivity index (χ0v) is 11.3. The fraction of sp³-hybridized carbons (Fsp3) is 0.133. The maximum absolute atomic E-state index is 13.6. The van der Waals surface area contributed by atoms with Crippen LogP contribution in [-0.4, -0.2) is 16.6 Å². The predicted molar refractivity (Wildman–Crippen MR) is 74.7 cm³/mol. The highest BCUT2D eigenvalue weighted by Gasteiger charge is 2.14. The van der Waals surface area contributed by atoms with Crippen molar-refractivity contribution in [1.29, 1.82) is 5.26 Å². The molecule has 0 bridgehead atoms. The van der Waals surface area contributed by atoms with E-state index in [2.05, 4.69) is 0 Å². The Morgan fingerprint density at radius 3 is 2.55 bits per heavy atom. The molecule has 0 saturated heterocycles. The highest BCUT2D eigenvalue weighted by molar-refractivity contribution is 5.37. The fourth-order valence-electron chi connectivity index (χ4n) is 1.77. The van der Waals surface area contributed by atoms with Gasteiger partial charge in [0.05, 0.1) is 22.6 Å². The Labute approximate surface area is 125 Å². The zero-order valence-electron chi connectivity index (χ0n) is 11.3. The number of non-ortho nitro benzene ring substituents is 1. The quantitative estimate of drug-likeness (QED) is 0.676. The van der Waals surface area contributed by atoms with E-state index in [1.165, 1.54) is 0 Å². The van der Waals surface area contributed by atoms with Crippen LogP contribution in [0.2, 0.25) is 0 Å². The molecule has 1 unspecified atom stereocenters. The second-order valence-electron chi connectivity index (χ2n) is 4.43. The van der Waals surface area contributed by atoms with Gasteiger partial charge in [0.15, 0.2) is 11.6 Å². The van der Waals surface area contributed by atoms with Crippen molar-refractivity contribution in [2.45, 2.75) is 6.10 Å². The molecule has 0 aliphatic heterocycles. The van der Waals surface area contributed by atoms with E-state index in [1.54, 1.807) is 24.3 Å². The summed E-state index contributed by atoms with van der Waals surface area (Å²) in [4.78, 5) is 9.79. The molecule has 0 amide bonds. The van der Waals surface area contributed by atoms with Gasteiger partial charge in [-0.05, 0) is 23.8 Å². The number of nitrogens with zero attached hydrogens (tertiary/aromatic N) is 2. The van der Waals surface area contributed by atoms with Crippen molar-refractivity contribution in [1.82, 2.24) is 0 Å². The molecule has 0 radical (unpaired) electrons. The van der Waals surface area contributed by atoms with Gasteiger partial charge in [0, 0.05) is 6.07 Å². The molecule has 1 N–H and O–H groups in total. The molecule has 6 nitrogen and oxygen atoms in total. The number of benzene rings is 2. The van der Waals surface area contributed by atoms with E-state index >= 15 is 0 Å². The topological polar surface area (TPSA) is 96.4 Å². The van der Waals surface area contributed by atoms with Gasteiger partial charge in [-0.25, -0.2) is 4.39 Å². The Bertz CT molecular complexity index is 725. The van der Waals surface area contributed by atoms with Crippen LogP contribution < -0.4 is 4.74 Å². The lowest BCUT2D eigenvalue weighted by Gasteiger charge is -2.13. The number of hydrogen-bond donors (Lipinski definition) is 1. The molecular formula is C15H11FN2O4. The monoisotopic (exact) mass is 302 g/mol. The van der Waals surface area contributed by atoms with Gasteiger partial charge < -0.3 is 9.84 Å². The first-order chi connectivity index (χ1) is 10.5. The maximum atomic E-state index is 13.6. The zero-order chi connectivity index (χ0) is 16.1. The molecule has 2 aromatic rings. The number of aliphatic hydroxyl groups excluding tert-OH is 1. The number of rotatable bonds is 5. The molecule has 2 aromatic carbocycles. The average Bonchev–Trinajstić information content (AvgIpc) is 2.53. The number of halogens is 1. The van der Waals surface area contributed by atoms with Gasteiger partial charge in [-0.3, -0.25) is 10.1 Å². The van der Waals surface area contributed by atoms with Crippen LogP contribution >= 0.6 is 0 Å². The second kappa shape index (κ2) is 6.65. The summed E-state index contributed by atoms with van der Waals surface area (Å²) in [5.41, 5.74) is 0.595. The molecular weight excluding hydrogens is 291 g/mol. The molecule has 0 aromatic heterocycles. The van der Waals surface area contributed by atoms with E-state index in [0.717, 1.165) is 18.2 Å². The van der Waals surface area contributed by atoms with Crippen molar-refractivity contribution < 1.29 is 19.2 Å². The Hall–Kier alpha value is -2.98. The standard InChI is InChI=1S/C15H11FN2O4/c16-13-7-12(18(20)21)5-6-15(13)22-9-14(19)11-3-1-10(8-17)2-4-11/h1-7,14,19H,9H2. The molecule has 2 rings (SSSR count). The lowest BCUT2D eigenvalue weighted by Crippen LogP contribution is -2.10. The maximum Gasteiger partial charge on any atom is 0.272 e. The van der Waals surface area contributed by atoms with Gasteiger partial charge in [-0.15, -0.1) is 0 Å². The van der Waals surface area contributed by atoms with Gasteiger partial charge >= 0.3 is 0 Å². The van der Waals surface area contributed by atoms with Gasteiger partial charge in [-0.1, -0.05) is 12.1 Å². The van der Waals surface area contributed by atoms with Crippen LogP contribution in [0, 0.1) is 27.3 Å². The van der Waals surface area contributed by atoms with Crippen molar-refractivity contribution in [3.05, 3.63) is 69.5 Å². The summed E-state index contributed by atoms with van der Waals surface area (Å²) in [5.74, 6) is -1.06. The van der Waals surface area contributed by atoms with E-state index in [0.29, 0.717) is 11.1 Å². The van der Waals surface area contributed by atoms with Crippen molar-refractivity contribution in [3.63, 3.8) is 0 Å². The van der Waals surface area contributed by atoms with Crippen LogP contribution in [0.25, 0.3) is 0 Å². The summed E-state index contributed by atoms with van der Waals surface area (Å²) < 4.78 is 18.7. The number of aliphatic hydroxyl groups is 1. The highest BCUT2D eigenvalue weighted by atomic mass is 19.1. The summed E-state index contributed by atoms with van der Waals surface area (Å²) in [6.07, 6.45) is -1.01. The third kappa shape index (κ3) is 3.56.